The van der Waals surface area contributed by atoms with Crippen molar-refractivity contribution in [3.8, 4) is 22.8 Å². The highest BCUT2D eigenvalue weighted by Crippen LogP contribution is 2.36. The molecule has 0 amide bonds. The second kappa shape index (κ2) is 8.12. The van der Waals surface area contributed by atoms with Crippen LogP contribution in [-0.4, -0.2) is 29.9 Å². The van der Waals surface area contributed by atoms with E-state index in [0.29, 0.717) is 18.0 Å². The average molecular weight is 410 g/mol. The fourth-order valence-corrected chi connectivity index (χ4v) is 3.84. The van der Waals surface area contributed by atoms with Crippen LogP contribution < -0.4 is 0 Å². The third-order valence-electron chi connectivity index (χ3n) is 4.39. The van der Waals surface area contributed by atoms with Gasteiger partial charge in [0.15, 0.2) is 11.0 Å². The van der Waals surface area contributed by atoms with Crippen molar-refractivity contribution in [3.05, 3.63) is 60.0 Å². The highest BCUT2D eigenvalue weighted by Gasteiger charge is 2.22. The van der Waals surface area contributed by atoms with Crippen molar-refractivity contribution in [2.75, 3.05) is 0 Å². The second-order valence-corrected chi connectivity index (χ2v) is 7.78. The molecule has 4 aromatic rings. The molecule has 0 saturated heterocycles. The predicted molar refractivity (Wildman–Crippen MR) is 108 cm³/mol. The van der Waals surface area contributed by atoms with Gasteiger partial charge < -0.3 is 8.98 Å². The molecule has 0 spiro atoms. The molecule has 0 aliphatic heterocycles. The lowest BCUT2D eigenvalue weighted by atomic mass is 10.1. The van der Waals surface area contributed by atoms with Crippen molar-refractivity contribution in [3.63, 3.8) is 0 Å². The average Bonchev–Trinajstić information content (AvgIpc) is 3.37. The van der Waals surface area contributed by atoms with Gasteiger partial charge in [0.25, 0.3) is 5.89 Å². The van der Waals surface area contributed by atoms with Crippen molar-refractivity contribution in [2.45, 2.75) is 37.7 Å². The van der Waals surface area contributed by atoms with Crippen LogP contribution in [0.5, 0.6) is 0 Å². The molecule has 1 aromatic carbocycles. The number of rotatable bonds is 6. The zero-order valence-electron chi connectivity index (χ0n) is 16.2. The maximum absolute atomic E-state index is 14.1. The lowest BCUT2D eigenvalue weighted by Gasteiger charge is -2.09. The maximum atomic E-state index is 14.1. The Bertz CT molecular complexity index is 1130. The predicted octanol–water partition coefficient (Wildman–Crippen LogP) is 4.71. The highest BCUT2D eigenvalue weighted by atomic mass is 32.2. The molecular formula is C20H19FN6OS. The van der Waals surface area contributed by atoms with E-state index in [1.54, 1.807) is 24.5 Å². The second-order valence-electron chi connectivity index (χ2n) is 6.48. The van der Waals surface area contributed by atoms with Gasteiger partial charge in [0, 0.05) is 24.5 Å². The van der Waals surface area contributed by atoms with E-state index in [1.165, 1.54) is 17.8 Å². The van der Waals surface area contributed by atoms with Gasteiger partial charge in [-0.3, -0.25) is 4.98 Å². The van der Waals surface area contributed by atoms with Crippen LogP contribution in [0.2, 0.25) is 0 Å². The van der Waals surface area contributed by atoms with Crippen LogP contribution in [0, 0.1) is 12.7 Å². The van der Waals surface area contributed by atoms with E-state index < -0.39 is 0 Å². The first-order chi connectivity index (χ1) is 14.1. The smallest absolute Gasteiger partial charge is 0.250 e. The molecule has 0 N–H and O–H groups in total. The summed E-state index contributed by atoms with van der Waals surface area (Å²) in [5, 5.41) is 17.4. The number of nitrogens with zero attached hydrogens (tertiary/aromatic N) is 6. The van der Waals surface area contributed by atoms with Gasteiger partial charge in [-0.25, -0.2) is 4.39 Å². The SMILES string of the molecule is CCn1c(SC(C)c2nnc(-c3cc(C)ccc3F)o2)nnc1-c1ccncc1. The van der Waals surface area contributed by atoms with Gasteiger partial charge in [0.05, 0.1) is 10.8 Å². The molecule has 9 heteroatoms. The Kier molecular flexibility index (Phi) is 5.39. The van der Waals surface area contributed by atoms with Crippen molar-refractivity contribution in [2.24, 2.45) is 0 Å². The highest BCUT2D eigenvalue weighted by molar-refractivity contribution is 7.99. The summed E-state index contributed by atoms with van der Waals surface area (Å²) in [4.78, 5) is 4.04. The van der Waals surface area contributed by atoms with Crippen LogP contribution in [0.15, 0.2) is 52.3 Å². The fourth-order valence-electron chi connectivity index (χ4n) is 2.89. The molecule has 0 aliphatic carbocycles. The number of aromatic nitrogens is 6. The van der Waals surface area contributed by atoms with Gasteiger partial charge in [-0.1, -0.05) is 23.4 Å². The maximum Gasteiger partial charge on any atom is 0.250 e. The molecule has 0 bridgehead atoms. The summed E-state index contributed by atoms with van der Waals surface area (Å²) >= 11 is 1.46. The molecule has 3 heterocycles. The lowest BCUT2D eigenvalue weighted by Crippen LogP contribution is -2.01. The van der Waals surface area contributed by atoms with E-state index in [1.807, 2.05) is 37.5 Å². The number of aryl methyl sites for hydroxylation is 1. The Morgan fingerprint density at radius 1 is 1.10 bits per heavy atom. The molecule has 7 nitrogen and oxygen atoms in total. The number of thioether (sulfide) groups is 1. The quantitative estimate of drug-likeness (QED) is 0.426. The topological polar surface area (TPSA) is 82.5 Å². The van der Waals surface area contributed by atoms with Crippen molar-refractivity contribution in [1.29, 1.82) is 0 Å². The van der Waals surface area contributed by atoms with E-state index in [4.69, 9.17) is 4.42 Å². The Balaban J connectivity index is 1.58. The summed E-state index contributed by atoms with van der Waals surface area (Å²) in [5.41, 5.74) is 2.17. The monoisotopic (exact) mass is 410 g/mol. The molecule has 1 unspecified atom stereocenters. The van der Waals surface area contributed by atoms with Crippen LogP contribution >= 0.6 is 11.8 Å². The summed E-state index contributed by atoms with van der Waals surface area (Å²) in [7, 11) is 0. The van der Waals surface area contributed by atoms with Gasteiger partial charge in [0.1, 0.15) is 5.82 Å². The number of hydrogen-bond acceptors (Lipinski definition) is 7. The Morgan fingerprint density at radius 3 is 2.66 bits per heavy atom. The number of halogens is 1. The van der Waals surface area contributed by atoms with E-state index >= 15 is 0 Å². The zero-order valence-corrected chi connectivity index (χ0v) is 17.0. The molecule has 3 aromatic heterocycles. The van der Waals surface area contributed by atoms with Gasteiger partial charge >= 0.3 is 0 Å². The van der Waals surface area contributed by atoms with E-state index in [9.17, 15) is 4.39 Å². The summed E-state index contributed by atoms with van der Waals surface area (Å²) in [6, 6.07) is 8.59. The summed E-state index contributed by atoms with van der Waals surface area (Å²) < 4.78 is 21.9. The van der Waals surface area contributed by atoms with Crippen molar-refractivity contribution >= 4 is 11.8 Å². The van der Waals surface area contributed by atoms with Crippen LogP contribution in [0.1, 0.15) is 30.6 Å². The molecule has 29 heavy (non-hydrogen) atoms. The Labute approximate surface area is 171 Å². The van der Waals surface area contributed by atoms with Gasteiger partial charge in [-0.15, -0.1) is 20.4 Å². The van der Waals surface area contributed by atoms with Crippen LogP contribution in [0.25, 0.3) is 22.8 Å². The first-order valence-corrected chi connectivity index (χ1v) is 10.0. The van der Waals surface area contributed by atoms with Gasteiger partial charge in [-0.05, 0) is 45.0 Å². The van der Waals surface area contributed by atoms with Crippen LogP contribution in [0.4, 0.5) is 4.39 Å². The number of pyridine rings is 1. The number of benzene rings is 1. The molecule has 148 valence electrons. The molecule has 4 rings (SSSR count). The van der Waals surface area contributed by atoms with E-state index in [-0.39, 0.29) is 17.0 Å². The minimum atomic E-state index is -0.390. The summed E-state index contributed by atoms with van der Waals surface area (Å²) in [6.45, 7) is 6.57. The van der Waals surface area contributed by atoms with Crippen molar-refractivity contribution < 1.29 is 8.81 Å². The summed E-state index contributed by atoms with van der Waals surface area (Å²) in [6.07, 6.45) is 3.45. The standard InChI is InChI=1S/C20H19FN6OS/c1-4-27-17(14-7-9-22-10-8-14)23-26-20(27)29-13(3)18-24-25-19(28-18)15-11-12(2)5-6-16(15)21/h5-11,13H,4H2,1-3H3. The normalized spacial score (nSPS) is 12.3. The molecule has 0 aliphatic rings. The van der Waals surface area contributed by atoms with E-state index in [0.717, 1.165) is 22.1 Å². The van der Waals surface area contributed by atoms with Crippen molar-refractivity contribution in [1.82, 2.24) is 29.9 Å². The molecule has 0 saturated carbocycles. The number of hydrogen-bond donors (Lipinski definition) is 0. The fraction of sp³-hybridized carbons (Fsp3) is 0.250. The largest absolute Gasteiger partial charge is 0.419 e. The summed E-state index contributed by atoms with van der Waals surface area (Å²) in [5.74, 6) is 0.960. The Morgan fingerprint density at radius 2 is 1.90 bits per heavy atom. The minimum absolute atomic E-state index is 0.170. The third-order valence-corrected chi connectivity index (χ3v) is 5.46. The molecule has 1 atom stereocenters. The lowest BCUT2D eigenvalue weighted by molar-refractivity contribution is 0.504. The minimum Gasteiger partial charge on any atom is -0.419 e. The van der Waals surface area contributed by atoms with Crippen LogP contribution in [0.3, 0.4) is 0 Å². The molecule has 0 radical (unpaired) electrons. The first-order valence-electron chi connectivity index (χ1n) is 9.17. The molecular weight excluding hydrogens is 391 g/mol. The first kappa shape index (κ1) is 19.3. The third kappa shape index (κ3) is 3.91. The molecule has 0 fully saturated rings. The van der Waals surface area contributed by atoms with E-state index in [2.05, 4.69) is 25.4 Å². The van der Waals surface area contributed by atoms with Gasteiger partial charge in [0.2, 0.25) is 5.89 Å². The van der Waals surface area contributed by atoms with Gasteiger partial charge in [-0.2, -0.15) is 0 Å². The Hall–Kier alpha value is -3.07. The zero-order chi connectivity index (χ0) is 20.4. The van der Waals surface area contributed by atoms with Crippen LogP contribution in [-0.2, 0) is 6.54 Å².